The molecule has 8 rings (SSSR count). The van der Waals surface area contributed by atoms with Crippen LogP contribution in [-0.4, -0.2) is 0 Å². The Morgan fingerprint density at radius 1 is 0.468 bits per heavy atom. The molecule has 0 aromatic heterocycles. The van der Waals surface area contributed by atoms with Gasteiger partial charge in [0.15, 0.2) is 0 Å². The molecule has 2 aliphatic rings. The highest BCUT2D eigenvalue weighted by Gasteiger charge is 2.38. The van der Waals surface area contributed by atoms with Gasteiger partial charge in [0, 0.05) is 27.6 Å². The van der Waals surface area contributed by atoms with Crippen molar-refractivity contribution in [2.75, 3.05) is 4.90 Å². The van der Waals surface area contributed by atoms with E-state index in [0.717, 1.165) is 0 Å². The summed E-state index contributed by atoms with van der Waals surface area (Å²) in [6, 6.07) is 41.7. The van der Waals surface area contributed by atoms with Gasteiger partial charge in [-0.25, -0.2) is 0 Å². The highest BCUT2D eigenvalue weighted by Crippen LogP contribution is 2.54. The Balaban J connectivity index is 1.37. The quantitative estimate of drug-likeness (QED) is 0.192. The van der Waals surface area contributed by atoms with Crippen molar-refractivity contribution in [2.45, 2.75) is 78.6 Å². The summed E-state index contributed by atoms with van der Waals surface area (Å²) in [5.41, 5.74) is 18.6. The third-order valence-corrected chi connectivity index (χ3v) is 11.2. The van der Waals surface area contributed by atoms with Crippen LogP contribution in [0.15, 0.2) is 109 Å². The topological polar surface area (TPSA) is 3.24 Å². The SMILES string of the molecule is Cc1cc(C)c2ccccc2c1N(c1ccc2c(c1)C(C)(C)c1ccccc1-2)c1ccc2c(c1)C(C)(C)c1cc(C(C)(C)C)ccc1-2. The van der Waals surface area contributed by atoms with Gasteiger partial charge in [-0.1, -0.05) is 133 Å². The molecule has 1 heteroatoms. The molecule has 0 unspecified atom stereocenters. The zero-order valence-corrected chi connectivity index (χ0v) is 29.3. The lowest BCUT2D eigenvalue weighted by molar-refractivity contribution is 0.584. The van der Waals surface area contributed by atoms with Crippen LogP contribution >= 0.6 is 0 Å². The minimum Gasteiger partial charge on any atom is -0.310 e. The van der Waals surface area contributed by atoms with Crippen molar-refractivity contribution in [1.82, 2.24) is 0 Å². The third kappa shape index (κ3) is 4.28. The summed E-state index contributed by atoms with van der Waals surface area (Å²) in [6.07, 6.45) is 0. The molecule has 6 aromatic carbocycles. The number of fused-ring (bicyclic) bond motifs is 7. The van der Waals surface area contributed by atoms with Crippen LogP contribution in [0.2, 0.25) is 0 Å². The second kappa shape index (κ2) is 9.94. The lowest BCUT2D eigenvalue weighted by Gasteiger charge is -2.32. The van der Waals surface area contributed by atoms with E-state index in [1.54, 1.807) is 0 Å². The molecule has 2 aliphatic carbocycles. The summed E-state index contributed by atoms with van der Waals surface area (Å²) in [5, 5.41) is 2.58. The zero-order chi connectivity index (χ0) is 33.0. The van der Waals surface area contributed by atoms with E-state index in [0.29, 0.717) is 0 Å². The highest BCUT2D eigenvalue weighted by atomic mass is 15.1. The first-order chi connectivity index (χ1) is 22.3. The van der Waals surface area contributed by atoms with Crippen LogP contribution < -0.4 is 4.90 Å². The van der Waals surface area contributed by atoms with Crippen molar-refractivity contribution in [2.24, 2.45) is 0 Å². The third-order valence-electron chi connectivity index (χ3n) is 11.2. The molecule has 47 heavy (non-hydrogen) atoms. The van der Waals surface area contributed by atoms with Crippen LogP contribution in [0.5, 0.6) is 0 Å². The Morgan fingerprint density at radius 2 is 0.957 bits per heavy atom. The maximum atomic E-state index is 2.54. The maximum absolute atomic E-state index is 2.54. The van der Waals surface area contributed by atoms with Crippen molar-refractivity contribution in [1.29, 1.82) is 0 Å². The van der Waals surface area contributed by atoms with E-state index in [2.05, 4.69) is 176 Å². The highest BCUT2D eigenvalue weighted by molar-refractivity contribution is 6.03. The van der Waals surface area contributed by atoms with Crippen LogP contribution in [0.3, 0.4) is 0 Å². The Hall–Kier alpha value is -4.62. The molecule has 0 bridgehead atoms. The molecule has 0 amide bonds. The lowest BCUT2D eigenvalue weighted by Crippen LogP contribution is -2.19. The predicted octanol–water partition coefficient (Wildman–Crippen LogP) is 12.8. The summed E-state index contributed by atoms with van der Waals surface area (Å²) >= 11 is 0. The Kier molecular flexibility index (Phi) is 6.30. The van der Waals surface area contributed by atoms with Crippen LogP contribution in [-0.2, 0) is 16.2 Å². The van der Waals surface area contributed by atoms with Gasteiger partial charge in [-0.15, -0.1) is 0 Å². The second-order valence-electron chi connectivity index (χ2n) is 16.0. The number of anilines is 3. The summed E-state index contributed by atoms with van der Waals surface area (Å²) in [4.78, 5) is 2.54. The average molecular weight is 612 g/mol. The van der Waals surface area contributed by atoms with E-state index in [9.17, 15) is 0 Å². The molecule has 0 N–H and O–H groups in total. The van der Waals surface area contributed by atoms with Crippen LogP contribution in [0, 0.1) is 13.8 Å². The van der Waals surface area contributed by atoms with E-state index >= 15 is 0 Å². The molecule has 0 spiro atoms. The van der Waals surface area contributed by atoms with Crippen LogP contribution in [0.4, 0.5) is 17.1 Å². The monoisotopic (exact) mass is 611 g/mol. The molecule has 1 nitrogen and oxygen atoms in total. The van der Waals surface area contributed by atoms with E-state index in [1.165, 1.54) is 89.0 Å². The van der Waals surface area contributed by atoms with Crippen LogP contribution in [0.1, 0.15) is 87.4 Å². The number of benzene rings is 6. The van der Waals surface area contributed by atoms with E-state index in [4.69, 9.17) is 0 Å². The Labute approximate surface area is 280 Å². The normalized spacial score (nSPS) is 15.3. The van der Waals surface area contributed by atoms with Gasteiger partial charge in [-0.3, -0.25) is 0 Å². The molecule has 6 aromatic rings. The number of rotatable bonds is 3. The zero-order valence-electron chi connectivity index (χ0n) is 29.3. The smallest absolute Gasteiger partial charge is 0.0569 e. The number of hydrogen-bond acceptors (Lipinski definition) is 1. The fourth-order valence-electron chi connectivity index (χ4n) is 8.58. The summed E-state index contributed by atoms with van der Waals surface area (Å²) in [5.74, 6) is 0. The minimum atomic E-state index is -0.112. The standard InChI is InChI=1S/C46H45N/c1-28-24-29(2)43(38-16-11-10-14-33(28)38)47(31-19-22-36-34-15-12-13-17-39(34)45(6,7)41(36)26-31)32-20-23-37-35-21-18-30(44(3,4)5)25-40(35)46(8,9)42(37)27-32/h10-27H,1-9H3. The first kappa shape index (κ1) is 29.8. The van der Waals surface area contributed by atoms with E-state index < -0.39 is 0 Å². The summed E-state index contributed by atoms with van der Waals surface area (Å²) in [7, 11) is 0. The van der Waals surface area contributed by atoms with Gasteiger partial charge in [0.1, 0.15) is 0 Å². The molecular formula is C46H45N. The maximum Gasteiger partial charge on any atom is 0.0569 e. The first-order valence-electron chi connectivity index (χ1n) is 17.1. The first-order valence-corrected chi connectivity index (χ1v) is 17.1. The largest absolute Gasteiger partial charge is 0.310 e. The molecule has 0 fully saturated rings. The predicted molar refractivity (Wildman–Crippen MR) is 202 cm³/mol. The summed E-state index contributed by atoms with van der Waals surface area (Å²) in [6.45, 7) is 21.0. The average Bonchev–Trinajstić information content (AvgIpc) is 3.41. The van der Waals surface area contributed by atoms with Gasteiger partial charge in [-0.05, 0) is 110 Å². The van der Waals surface area contributed by atoms with E-state index in [1.807, 2.05) is 0 Å². The van der Waals surface area contributed by atoms with Crippen LogP contribution in [0.25, 0.3) is 33.0 Å². The number of hydrogen-bond donors (Lipinski definition) is 0. The molecular weight excluding hydrogens is 567 g/mol. The molecule has 0 saturated heterocycles. The molecule has 0 saturated carbocycles. The van der Waals surface area contributed by atoms with Gasteiger partial charge in [-0.2, -0.15) is 0 Å². The molecule has 0 aliphatic heterocycles. The molecule has 234 valence electrons. The lowest BCUT2D eigenvalue weighted by atomic mass is 9.79. The van der Waals surface area contributed by atoms with Gasteiger partial charge < -0.3 is 4.90 Å². The molecule has 0 radical (unpaired) electrons. The second-order valence-corrected chi connectivity index (χ2v) is 16.0. The van der Waals surface area contributed by atoms with Crippen molar-refractivity contribution < 1.29 is 0 Å². The molecule has 0 heterocycles. The van der Waals surface area contributed by atoms with Crippen molar-refractivity contribution in [3.8, 4) is 22.3 Å². The van der Waals surface area contributed by atoms with Crippen molar-refractivity contribution >= 4 is 27.8 Å². The Morgan fingerprint density at radius 3 is 1.57 bits per heavy atom. The molecule has 0 atom stereocenters. The van der Waals surface area contributed by atoms with Crippen molar-refractivity contribution in [3.63, 3.8) is 0 Å². The van der Waals surface area contributed by atoms with Gasteiger partial charge in [0.05, 0.1) is 5.69 Å². The van der Waals surface area contributed by atoms with Gasteiger partial charge >= 0.3 is 0 Å². The Bertz CT molecular complexity index is 2250. The number of nitrogens with zero attached hydrogens (tertiary/aromatic N) is 1. The summed E-state index contributed by atoms with van der Waals surface area (Å²) < 4.78 is 0. The van der Waals surface area contributed by atoms with E-state index in [-0.39, 0.29) is 16.2 Å². The number of aryl methyl sites for hydroxylation is 2. The van der Waals surface area contributed by atoms with Gasteiger partial charge in [0.2, 0.25) is 0 Å². The fraction of sp³-hybridized carbons (Fsp3) is 0.261. The van der Waals surface area contributed by atoms with Crippen molar-refractivity contribution in [3.05, 3.63) is 148 Å². The van der Waals surface area contributed by atoms with Gasteiger partial charge in [0.25, 0.3) is 0 Å². The fourth-order valence-corrected chi connectivity index (χ4v) is 8.58. The minimum absolute atomic E-state index is 0.0790.